The fourth-order valence-electron chi connectivity index (χ4n) is 1.55. The van der Waals surface area contributed by atoms with Crippen LogP contribution in [0.3, 0.4) is 0 Å². The molecule has 5 heteroatoms. The Bertz CT molecular complexity index is 603. The Morgan fingerprint density at radius 1 is 1.22 bits per heavy atom. The fourth-order valence-corrected chi connectivity index (χ4v) is 3.77. The van der Waals surface area contributed by atoms with Gasteiger partial charge in [-0.2, -0.15) is 0 Å². The van der Waals surface area contributed by atoms with Crippen LogP contribution in [0, 0.1) is 0 Å². The molecule has 2 N–H and O–H groups in total. The summed E-state index contributed by atoms with van der Waals surface area (Å²) in [5.41, 5.74) is 7.26. The third-order valence-electron chi connectivity index (χ3n) is 2.47. The zero-order valence-electron chi connectivity index (χ0n) is 9.40. The standard InChI is InChI=1S/C13H11BrClNOS/c14-11-3-1-2-4-13(11)18(17)8-9-7-10(15)5-6-12(9)16/h1-7H,8,16H2. The SMILES string of the molecule is Nc1ccc(Cl)cc1CS(=O)c1ccccc1Br. The number of anilines is 1. The molecule has 0 saturated carbocycles. The Morgan fingerprint density at radius 2 is 1.94 bits per heavy atom. The van der Waals surface area contributed by atoms with E-state index in [1.54, 1.807) is 18.2 Å². The molecular weight excluding hydrogens is 334 g/mol. The van der Waals surface area contributed by atoms with Crippen molar-refractivity contribution in [2.45, 2.75) is 10.6 Å². The van der Waals surface area contributed by atoms with Gasteiger partial charge in [0.2, 0.25) is 0 Å². The molecule has 2 aromatic rings. The van der Waals surface area contributed by atoms with Gasteiger partial charge in [0.15, 0.2) is 0 Å². The third-order valence-corrected chi connectivity index (χ3v) is 5.08. The number of hydrogen-bond donors (Lipinski definition) is 1. The lowest BCUT2D eigenvalue weighted by molar-refractivity contribution is 0.682. The lowest BCUT2D eigenvalue weighted by Gasteiger charge is -2.07. The van der Waals surface area contributed by atoms with Crippen LogP contribution in [-0.2, 0) is 16.6 Å². The summed E-state index contributed by atoms with van der Waals surface area (Å²) in [7, 11) is -1.15. The highest BCUT2D eigenvalue weighted by molar-refractivity contribution is 9.10. The van der Waals surface area contributed by atoms with E-state index in [0.29, 0.717) is 16.5 Å². The molecule has 0 fully saturated rings. The predicted octanol–water partition coefficient (Wildman–Crippen LogP) is 3.99. The second kappa shape index (κ2) is 5.87. The van der Waals surface area contributed by atoms with Gasteiger partial charge in [0, 0.05) is 15.2 Å². The molecule has 2 nitrogen and oxygen atoms in total. The Morgan fingerprint density at radius 3 is 2.67 bits per heavy atom. The summed E-state index contributed by atoms with van der Waals surface area (Å²) < 4.78 is 13.1. The first-order valence-corrected chi connectivity index (χ1v) is 7.73. The van der Waals surface area contributed by atoms with Crippen LogP contribution < -0.4 is 5.73 Å². The topological polar surface area (TPSA) is 43.1 Å². The minimum Gasteiger partial charge on any atom is -0.398 e. The molecule has 0 aliphatic rings. The maximum absolute atomic E-state index is 12.3. The van der Waals surface area contributed by atoms with Crippen LogP contribution in [0.4, 0.5) is 5.69 Å². The molecule has 0 aliphatic carbocycles. The number of nitrogen functional groups attached to an aromatic ring is 1. The normalized spacial score (nSPS) is 12.3. The molecule has 2 aromatic carbocycles. The quantitative estimate of drug-likeness (QED) is 0.855. The summed E-state index contributed by atoms with van der Waals surface area (Å²) in [6.07, 6.45) is 0. The molecule has 0 radical (unpaired) electrons. The second-order valence-electron chi connectivity index (χ2n) is 3.76. The lowest BCUT2D eigenvalue weighted by Crippen LogP contribution is -2.01. The van der Waals surface area contributed by atoms with Gasteiger partial charge in [-0.3, -0.25) is 4.21 Å². The van der Waals surface area contributed by atoms with Crippen molar-refractivity contribution >= 4 is 44.0 Å². The van der Waals surface area contributed by atoms with E-state index in [9.17, 15) is 4.21 Å². The third kappa shape index (κ3) is 3.13. The zero-order valence-corrected chi connectivity index (χ0v) is 12.6. The monoisotopic (exact) mass is 343 g/mol. The van der Waals surface area contributed by atoms with Gasteiger partial charge in [-0.15, -0.1) is 0 Å². The molecule has 2 rings (SSSR count). The zero-order chi connectivity index (χ0) is 13.1. The predicted molar refractivity (Wildman–Crippen MR) is 80.1 cm³/mol. The van der Waals surface area contributed by atoms with Crippen molar-refractivity contribution in [2.24, 2.45) is 0 Å². The Hall–Kier alpha value is -0.840. The largest absolute Gasteiger partial charge is 0.398 e. The van der Waals surface area contributed by atoms with Crippen molar-refractivity contribution in [3.8, 4) is 0 Å². The van der Waals surface area contributed by atoms with E-state index in [4.69, 9.17) is 17.3 Å². The van der Waals surface area contributed by atoms with Gasteiger partial charge in [-0.05, 0) is 51.8 Å². The highest BCUT2D eigenvalue weighted by Crippen LogP contribution is 2.25. The first-order valence-electron chi connectivity index (χ1n) is 5.25. The number of hydrogen-bond acceptors (Lipinski definition) is 2. The summed E-state index contributed by atoms with van der Waals surface area (Å²) >= 11 is 9.31. The molecule has 18 heavy (non-hydrogen) atoms. The molecule has 94 valence electrons. The minimum absolute atomic E-state index is 0.356. The molecule has 0 spiro atoms. The van der Waals surface area contributed by atoms with E-state index in [-0.39, 0.29) is 0 Å². The number of halogens is 2. The first-order chi connectivity index (χ1) is 8.58. The van der Waals surface area contributed by atoms with Crippen LogP contribution in [0.5, 0.6) is 0 Å². The Labute approximate surface area is 122 Å². The van der Waals surface area contributed by atoms with Gasteiger partial charge < -0.3 is 5.73 Å². The highest BCUT2D eigenvalue weighted by Gasteiger charge is 2.10. The van der Waals surface area contributed by atoms with E-state index in [1.807, 2.05) is 24.3 Å². The summed E-state index contributed by atoms with van der Waals surface area (Å²) in [4.78, 5) is 0.761. The number of nitrogens with two attached hydrogens (primary N) is 1. The van der Waals surface area contributed by atoms with Crippen LogP contribution in [-0.4, -0.2) is 4.21 Å². The van der Waals surface area contributed by atoms with Gasteiger partial charge in [0.1, 0.15) is 0 Å². The van der Waals surface area contributed by atoms with Crippen LogP contribution in [0.15, 0.2) is 51.8 Å². The smallest absolute Gasteiger partial charge is 0.0586 e. The summed E-state index contributed by atoms with van der Waals surface area (Å²) in [5.74, 6) is 0.356. The molecule has 1 unspecified atom stereocenters. The number of benzene rings is 2. The van der Waals surface area contributed by atoms with Crippen molar-refractivity contribution in [1.82, 2.24) is 0 Å². The van der Waals surface area contributed by atoms with Gasteiger partial charge in [0.05, 0.1) is 21.4 Å². The molecule has 0 heterocycles. The van der Waals surface area contributed by atoms with Crippen molar-refractivity contribution < 1.29 is 4.21 Å². The van der Waals surface area contributed by atoms with E-state index in [0.717, 1.165) is 14.9 Å². The van der Waals surface area contributed by atoms with Crippen LogP contribution >= 0.6 is 27.5 Å². The first kappa shape index (κ1) is 13.6. The van der Waals surface area contributed by atoms with Crippen molar-refractivity contribution in [2.75, 3.05) is 5.73 Å². The van der Waals surface area contributed by atoms with E-state index < -0.39 is 10.8 Å². The molecular formula is C13H11BrClNOS. The molecule has 0 aliphatic heterocycles. The van der Waals surface area contributed by atoms with Crippen molar-refractivity contribution in [3.05, 3.63) is 57.5 Å². The summed E-state index contributed by atoms with van der Waals surface area (Å²) in [5, 5.41) is 0.600. The highest BCUT2D eigenvalue weighted by atomic mass is 79.9. The summed E-state index contributed by atoms with van der Waals surface area (Å²) in [6, 6.07) is 12.7. The maximum Gasteiger partial charge on any atom is 0.0586 e. The average Bonchev–Trinajstić information content (AvgIpc) is 2.34. The average molecular weight is 345 g/mol. The van der Waals surface area contributed by atoms with E-state index in [1.165, 1.54) is 0 Å². The van der Waals surface area contributed by atoms with Gasteiger partial charge in [-0.25, -0.2) is 0 Å². The number of rotatable bonds is 3. The second-order valence-corrected chi connectivity index (χ2v) is 6.47. The fraction of sp³-hybridized carbons (Fsp3) is 0.0769. The summed E-state index contributed by atoms with van der Waals surface area (Å²) in [6.45, 7) is 0. The van der Waals surface area contributed by atoms with Crippen LogP contribution in [0.2, 0.25) is 5.02 Å². The maximum atomic E-state index is 12.3. The van der Waals surface area contributed by atoms with Crippen LogP contribution in [0.25, 0.3) is 0 Å². The molecule has 0 amide bonds. The lowest BCUT2D eigenvalue weighted by atomic mass is 10.2. The van der Waals surface area contributed by atoms with Gasteiger partial charge in [-0.1, -0.05) is 23.7 Å². The van der Waals surface area contributed by atoms with Gasteiger partial charge >= 0.3 is 0 Å². The molecule has 1 atom stereocenters. The van der Waals surface area contributed by atoms with E-state index >= 15 is 0 Å². The molecule has 0 saturated heterocycles. The van der Waals surface area contributed by atoms with Crippen LogP contribution in [0.1, 0.15) is 5.56 Å². The van der Waals surface area contributed by atoms with Gasteiger partial charge in [0.25, 0.3) is 0 Å². The van der Waals surface area contributed by atoms with Crippen molar-refractivity contribution in [3.63, 3.8) is 0 Å². The Kier molecular flexibility index (Phi) is 4.43. The Balaban J connectivity index is 2.27. The van der Waals surface area contributed by atoms with Crippen molar-refractivity contribution in [1.29, 1.82) is 0 Å². The molecule has 0 aromatic heterocycles. The van der Waals surface area contributed by atoms with E-state index in [2.05, 4.69) is 15.9 Å². The molecule has 0 bridgehead atoms. The minimum atomic E-state index is -1.15.